The molecule has 0 aromatic heterocycles. The van der Waals surface area contributed by atoms with E-state index in [1.54, 1.807) is 0 Å². The summed E-state index contributed by atoms with van der Waals surface area (Å²) >= 11 is 0. The van der Waals surface area contributed by atoms with Gasteiger partial charge in [-0.1, -0.05) is 12.1 Å². The average Bonchev–Trinajstić information content (AvgIpc) is 3.00. The van der Waals surface area contributed by atoms with Crippen LogP contribution >= 0.6 is 0 Å². The summed E-state index contributed by atoms with van der Waals surface area (Å²) in [7, 11) is 0. The first-order valence-corrected chi connectivity index (χ1v) is 4.92. The van der Waals surface area contributed by atoms with Crippen molar-refractivity contribution in [3.63, 3.8) is 0 Å². The van der Waals surface area contributed by atoms with E-state index in [-0.39, 0.29) is 0 Å². The van der Waals surface area contributed by atoms with Crippen molar-refractivity contribution in [1.82, 2.24) is 0 Å². The van der Waals surface area contributed by atoms with E-state index < -0.39 is 0 Å². The molecule has 1 saturated carbocycles. The fourth-order valence-electron chi connectivity index (χ4n) is 1.89. The molecule has 0 saturated heterocycles. The Morgan fingerprint density at radius 3 is 2.92 bits per heavy atom. The van der Waals surface area contributed by atoms with E-state index in [1.165, 1.54) is 12.8 Å². The molecule has 2 heteroatoms. The molecule has 2 aliphatic rings. The van der Waals surface area contributed by atoms with Gasteiger partial charge in [0.25, 0.3) is 0 Å². The molecule has 0 bridgehead atoms. The zero-order valence-corrected chi connectivity index (χ0v) is 7.49. The predicted octanol–water partition coefficient (Wildman–Crippen LogP) is 2.27. The lowest BCUT2D eigenvalue weighted by Crippen LogP contribution is -2.33. The second-order valence-corrected chi connectivity index (χ2v) is 3.90. The molecule has 0 radical (unpaired) electrons. The third kappa shape index (κ3) is 1.26. The Morgan fingerprint density at radius 1 is 1.23 bits per heavy atom. The van der Waals surface area contributed by atoms with Gasteiger partial charge in [-0.15, -0.1) is 0 Å². The molecule has 1 N–H and O–H groups in total. The SMILES string of the molecule is c1ccc2c(c1)NC(C1CC1)CO2. The highest BCUT2D eigenvalue weighted by molar-refractivity contribution is 5.58. The van der Waals surface area contributed by atoms with Gasteiger partial charge in [0.15, 0.2) is 0 Å². The van der Waals surface area contributed by atoms with E-state index in [4.69, 9.17) is 4.74 Å². The molecule has 1 unspecified atom stereocenters. The number of benzene rings is 1. The van der Waals surface area contributed by atoms with Gasteiger partial charge in [0.1, 0.15) is 12.4 Å². The summed E-state index contributed by atoms with van der Waals surface area (Å²) in [5, 5.41) is 3.53. The molecule has 1 aliphatic heterocycles. The highest BCUT2D eigenvalue weighted by Crippen LogP contribution is 2.38. The molecule has 1 heterocycles. The number of nitrogens with one attached hydrogen (secondary N) is 1. The Labute approximate surface area is 77.9 Å². The lowest BCUT2D eigenvalue weighted by molar-refractivity contribution is 0.273. The number of ether oxygens (including phenoxy) is 1. The molecule has 2 nitrogen and oxygen atoms in total. The van der Waals surface area contributed by atoms with Crippen molar-refractivity contribution < 1.29 is 4.74 Å². The molecule has 3 rings (SSSR count). The van der Waals surface area contributed by atoms with Gasteiger partial charge >= 0.3 is 0 Å². The van der Waals surface area contributed by atoms with Crippen LogP contribution < -0.4 is 10.1 Å². The van der Waals surface area contributed by atoms with Crippen molar-refractivity contribution in [2.24, 2.45) is 5.92 Å². The van der Waals surface area contributed by atoms with E-state index >= 15 is 0 Å². The number of anilines is 1. The van der Waals surface area contributed by atoms with Crippen molar-refractivity contribution in [2.75, 3.05) is 11.9 Å². The number of para-hydroxylation sites is 2. The predicted molar refractivity (Wildman–Crippen MR) is 52.1 cm³/mol. The maximum absolute atomic E-state index is 5.67. The van der Waals surface area contributed by atoms with Crippen molar-refractivity contribution in [3.05, 3.63) is 24.3 Å². The average molecular weight is 175 g/mol. The fraction of sp³-hybridized carbons (Fsp3) is 0.455. The van der Waals surface area contributed by atoms with Crippen LogP contribution in [-0.4, -0.2) is 12.6 Å². The molecule has 1 aromatic carbocycles. The highest BCUT2D eigenvalue weighted by atomic mass is 16.5. The minimum Gasteiger partial charge on any atom is -0.489 e. The first-order valence-electron chi connectivity index (χ1n) is 4.92. The number of hydrogen-bond acceptors (Lipinski definition) is 2. The largest absolute Gasteiger partial charge is 0.489 e. The zero-order valence-electron chi connectivity index (χ0n) is 7.49. The molecule has 1 atom stereocenters. The lowest BCUT2D eigenvalue weighted by atomic mass is 10.1. The van der Waals surface area contributed by atoms with E-state index in [0.717, 1.165) is 24.0 Å². The monoisotopic (exact) mass is 175 g/mol. The molecule has 13 heavy (non-hydrogen) atoms. The Balaban J connectivity index is 1.85. The summed E-state index contributed by atoms with van der Waals surface area (Å²) < 4.78 is 5.67. The Morgan fingerprint density at radius 2 is 2.08 bits per heavy atom. The van der Waals surface area contributed by atoms with Crippen LogP contribution in [0.3, 0.4) is 0 Å². The molecule has 1 fully saturated rings. The minimum absolute atomic E-state index is 0.551. The zero-order chi connectivity index (χ0) is 8.67. The van der Waals surface area contributed by atoms with Crippen molar-refractivity contribution >= 4 is 5.69 Å². The van der Waals surface area contributed by atoms with Crippen LogP contribution in [0, 0.1) is 5.92 Å². The number of rotatable bonds is 1. The second-order valence-electron chi connectivity index (χ2n) is 3.90. The van der Waals surface area contributed by atoms with Crippen molar-refractivity contribution in [2.45, 2.75) is 18.9 Å². The maximum Gasteiger partial charge on any atom is 0.142 e. The molecule has 0 spiro atoms. The molecular formula is C11H13NO. The summed E-state index contributed by atoms with van der Waals surface area (Å²) in [5.41, 5.74) is 1.16. The number of fused-ring (bicyclic) bond motifs is 1. The van der Waals surface area contributed by atoms with Gasteiger partial charge in [0.2, 0.25) is 0 Å². The minimum atomic E-state index is 0.551. The molecule has 1 aliphatic carbocycles. The Kier molecular flexibility index (Phi) is 1.48. The normalized spacial score (nSPS) is 25.7. The molecular weight excluding hydrogens is 162 g/mol. The first-order chi connectivity index (χ1) is 6.43. The quantitative estimate of drug-likeness (QED) is 0.707. The van der Waals surface area contributed by atoms with E-state index in [2.05, 4.69) is 11.4 Å². The number of hydrogen-bond donors (Lipinski definition) is 1. The summed E-state index contributed by atoms with van der Waals surface area (Å²) in [4.78, 5) is 0. The summed E-state index contributed by atoms with van der Waals surface area (Å²) in [5.74, 6) is 1.85. The van der Waals surface area contributed by atoms with Crippen LogP contribution in [0.5, 0.6) is 5.75 Å². The maximum atomic E-state index is 5.67. The summed E-state index contributed by atoms with van der Waals surface area (Å²) in [6.07, 6.45) is 2.73. The summed E-state index contributed by atoms with van der Waals surface area (Å²) in [6, 6.07) is 8.72. The Bertz CT molecular complexity index is 320. The third-order valence-corrected chi connectivity index (χ3v) is 2.84. The molecule has 68 valence electrons. The molecule has 0 amide bonds. The van der Waals surface area contributed by atoms with Gasteiger partial charge in [0, 0.05) is 0 Å². The van der Waals surface area contributed by atoms with Crippen LogP contribution in [0.4, 0.5) is 5.69 Å². The van der Waals surface area contributed by atoms with Crippen molar-refractivity contribution in [3.8, 4) is 5.75 Å². The Hall–Kier alpha value is -1.18. The fourth-order valence-corrected chi connectivity index (χ4v) is 1.89. The van der Waals surface area contributed by atoms with Gasteiger partial charge in [-0.25, -0.2) is 0 Å². The summed E-state index contributed by atoms with van der Waals surface area (Å²) in [6.45, 7) is 0.835. The smallest absolute Gasteiger partial charge is 0.142 e. The van der Waals surface area contributed by atoms with Crippen LogP contribution in [0.1, 0.15) is 12.8 Å². The van der Waals surface area contributed by atoms with E-state index in [9.17, 15) is 0 Å². The standard InChI is InChI=1S/C11H13NO/c1-2-4-11-9(3-1)12-10(7-13-11)8-5-6-8/h1-4,8,10,12H,5-7H2. The van der Waals surface area contributed by atoms with Crippen LogP contribution in [0.25, 0.3) is 0 Å². The highest BCUT2D eigenvalue weighted by Gasteiger charge is 2.33. The van der Waals surface area contributed by atoms with Crippen LogP contribution in [0.2, 0.25) is 0 Å². The van der Waals surface area contributed by atoms with Crippen LogP contribution in [-0.2, 0) is 0 Å². The second kappa shape index (κ2) is 2.66. The van der Waals surface area contributed by atoms with E-state index in [0.29, 0.717) is 6.04 Å². The van der Waals surface area contributed by atoms with Crippen LogP contribution in [0.15, 0.2) is 24.3 Å². The van der Waals surface area contributed by atoms with Gasteiger partial charge in [-0.3, -0.25) is 0 Å². The first kappa shape index (κ1) is 7.25. The van der Waals surface area contributed by atoms with Gasteiger partial charge in [-0.2, -0.15) is 0 Å². The lowest BCUT2D eigenvalue weighted by Gasteiger charge is -2.27. The van der Waals surface area contributed by atoms with E-state index in [1.807, 2.05) is 18.2 Å². The topological polar surface area (TPSA) is 21.3 Å². The van der Waals surface area contributed by atoms with Crippen molar-refractivity contribution in [1.29, 1.82) is 0 Å². The van der Waals surface area contributed by atoms with Gasteiger partial charge < -0.3 is 10.1 Å². The van der Waals surface area contributed by atoms with Gasteiger partial charge in [-0.05, 0) is 30.9 Å². The third-order valence-electron chi connectivity index (χ3n) is 2.84. The molecule has 1 aromatic rings. The van der Waals surface area contributed by atoms with Gasteiger partial charge in [0.05, 0.1) is 11.7 Å².